The van der Waals surface area contributed by atoms with Crippen molar-refractivity contribution in [2.24, 2.45) is 0 Å². The largest absolute Gasteiger partial charge is 0.444 e. The summed E-state index contributed by atoms with van der Waals surface area (Å²) in [4.78, 5) is 14.4. The number of para-hydroxylation sites is 1. The van der Waals surface area contributed by atoms with Crippen molar-refractivity contribution in [3.63, 3.8) is 0 Å². The molecular weight excluding hydrogens is 362 g/mol. The molecule has 0 radical (unpaired) electrons. The molecule has 0 aliphatic heterocycles. The summed E-state index contributed by atoms with van der Waals surface area (Å²) in [5.41, 5.74) is 1.28. The van der Waals surface area contributed by atoms with Crippen molar-refractivity contribution in [3.8, 4) is 0 Å². The number of rotatable bonds is 3. The Kier molecular flexibility index (Phi) is 5.40. The lowest BCUT2D eigenvalue weighted by Crippen LogP contribution is -2.46. The van der Waals surface area contributed by atoms with Crippen molar-refractivity contribution in [2.45, 2.75) is 38.5 Å². The fourth-order valence-corrected chi connectivity index (χ4v) is 3.27. The van der Waals surface area contributed by atoms with E-state index in [2.05, 4.69) is 5.32 Å². The standard InChI is InChI=1S/C22H24F2N2O2/c1-22(2,3)28-21(27)25-20-16-13-18(24)17(23)12-14(16)10-11-19(20)26(4)15-8-6-5-7-9-15/h5-13,19-20H,1-4H3,(H,25,27)/t19-,20-/m0/s1. The summed E-state index contributed by atoms with van der Waals surface area (Å²) >= 11 is 0. The molecule has 1 aliphatic rings. The molecule has 1 aliphatic carbocycles. The summed E-state index contributed by atoms with van der Waals surface area (Å²) in [6.07, 6.45) is 3.00. The highest BCUT2D eigenvalue weighted by Crippen LogP contribution is 2.34. The number of hydrogen-bond acceptors (Lipinski definition) is 3. The Bertz CT molecular complexity index is 891. The number of ether oxygens (including phenoxy) is 1. The molecule has 6 heteroatoms. The third kappa shape index (κ3) is 4.32. The van der Waals surface area contributed by atoms with Gasteiger partial charge >= 0.3 is 6.09 Å². The Balaban J connectivity index is 1.98. The summed E-state index contributed by atoms with van der Waals surface area (Å²) < 4.78 is 33.1. The molecule has 2 aromatic carbocycles. The minimum absolute atomic E-state index is 0.313. The van der Waals surface area contributed by atoms with Gasteiger partial charge in [0.25, 0.3) is 0 Å². The fraction of sp³-hybridized carbons (Fsp3) is 0.318. The molecular formula is C22H24F2N2O2. The first-order valence-corrected chi connectivity index (χ1v) is 9.10. The average molecular weight is 386 g/mol. The van der Waals surface area contributed by atoms with Crippen molar-refractivity contribution in [3.05, 3.63) is 71.3 Å². The van der Waals surface area contributed by atoms with Gasteiger partial charge in [-0.2, -0.15) is 0 Å². The van der Waals surface area contributed by atoms with Crippen LogP contribution in [0.5, 0.6) is 0 Å². The molecule has 0 saturated heterocycles. The van der Waals surface area contributed by atoms with Crippen LogP contribution in [-0.4, -0.2) is 24.8 Å². The van der Waals surface area contributed by atoms with Crippen molar-refractivity contribution in [1.82, 2.24) is 5.32 Å². The Morgan fingerprint density at radius 2 is 1.75 bits per heavy atom. The molecule has 0 spiro atoms. The molecule has 2 atom stereocenters. The highest BCUT2D eigenvalue weighted by Gasteiger charge is 2.33. The van der Waals surface area contributed by atoms with E-state index in [0.29, 0.717) is 11.1 Å². The van der Waals surface area contributed by atoms with Gasteiger partial charge in [-0.3, -0.25) is 0 Å². The van der Waals surface area contributed by atoms with E-state index >= 15 is 0 Å². The predicted molar refractivity (Wildman–Crippen MR) is 106 cm³/mol. The molecule has 0 aromatic heterocycles. The smallest absolute Gasteiger partial charge is 0.408 e. The molecule has 0 fully saturated rings. The summed E-state index contributed by atoms with van der Waals surface area (Å²) in [5.74, 6) is -1.87. The van der Waals surface area contributed by atoms with Crippen molar-refractivity contribution >= 4 is 17.9 Å². The van der Waals surface area contributed by atoms with Crippen molar-refractivity contribution < 1.29 is 18.3 Å². The van der Waals surface area contributed by atoms with E-state index in [9.17, 15) is 13.6 Å². The Hall–Kier alpha value is -2.89. The first-order valence-electron chi connectivity index (χ1n) is 9.10. The molecule has 2 aromatic rings. The molecule has 0 saturated carbocycles. The molecule has 4 nitrogen and oxygen atoms in total. The Labute approximate surface area is 163 Å². The van der Waals surface area contributed by atoms with Crippen LogP contribution in [0.4, 0.5) is 19.3 Å². The number of hydrogen-bond donors (Lipinski definition) is 1. The number of alkyl carbamates (subject to hydrolysis) is 1. The lowest BCUT2D eigenvalue weighted by atomic mass is 9.88. The predicted octanol–water partition coefficient (Wildman–Crippen LogP) is 5.06. The van der Waals surface area contributed by atoms with E-state index in [1.54, 1.807) is 26.8 Å². The number of anilines is 1. The zero-order valence-electron chi connectivity index (χ0n) is 16.4. The minimum atomic E-state index is -0.953. The van der Waals surface area contributed by atoms with Gasteiger partial charge in [0.15, 0.2) is 11.6 Å². The van der Waals surface area contributed by atoms with Crippen LogP contribution in [0.25, 0.3) is 6.08 Å². The second-order valence-electron chi connectivity index (χ2n) is 7.82. The van der Waals surface area contributed by atoms with Crippen LogP contribution in [0.2, 0.25) is 0 Å². The minimum Gasteiger partial charge on any atom is -0.444 e. The number of likely N-dealkylation sites (N-methyl/N-ethyl adjacent to an activating group) is 1. The average Bonchev–Trinajstić information content (AvgIpc) is 2.62. The van der Waals surface area contributed by atoms with Gasteiger partial charge in [0.2, 0.25) is 0 Å². The zero-order valence-corrected chi connectivity index (χ0v) is 16.4. The van der Waals surface area contributed by atoms with Crippen LogP contribution in [0, 0.1) is 11.6 Å². The fourth-order valence-electron chi connectivity index (χ4n) is 3.27. The topological polar surface area (TPSA) is 41.6 Å². The van der Waals surface area contributed by atoms with Gasteiger partial charge in [0, 0.05) is 12.7 Å². The number of carbonyl (C=O) groups excluding carboxylic acids is 1. The van der Waals surface area contributed by atoms with E-state index in [-0.39, 0.29) is 6.04 Å². The third-order valence-electron chi connectivity index (χ3n) is 4.56. The van der Waals surface area contributed by atoms with Crippen LogP contribution < -0.4 is 10.2 Å². The highest BCUT2D eigenvalue weighted by atomic mass is 19.2. The van der Waals surface area contributed by atoms with Gasteiger partial charge in [0.1, 0.15) is 5.60 Å². The first kappa shape index (κ1) is 19.9. The maximum atomic E-state index is 14.0. The van der Waals surface area contributed by atoms with Crippen molar-refractivity contribution in [1.29, 1.82) is 0 Å². The maximum Gasteiger partial charge on any atom is 0.408 e. The summed E-state index contributed by atoms with van der Waals surface area (Å²) in [6, 6.07) is 11.0. The molecule has 0 unspecified atom stereocenters. The van der Waals surface area contributed by atoms with Crippen LogP contribution in [-0.2, 0) is 4.74 Å². The number of benzene rings is 2. The van der Waals surface area contributed by atoms with Crippen molar-refractivity contribution in [2.75, 3.05) is 11.9 Å². The van der Waals surface area contributed by atoms with Crippen LogP contribution >= 0.6 is 0 Å². The zero-order chi connectivity index (χ0) is 20.5. The van der Waals surface area contributed by atoms with E-state index < -0.39 is 29.4 Å². The molecule has 1 N–H and O–H groups in total. The second-order valence-corrected chi connectivity index (χ2v) is 7.82. The van der Waals surface area contributed by atoms with E-state index in [1.807, 2.05) is 48.4 Å². The van der Waals surface area contributed by atoms with Gasteiger partial charge in [-0.05, 0) is 56.2 Å². The van der Waals surface area contributed by atoms with Gasteiger partial charge < -0.3 is 15.0 Å². The SMILES string of the molecule is CN(c1ccccc1)[C@H]1C=Cc2cc(F)c(F)cc2[C@@H]1NC(=O)OC(C)(C)C. The summed E-state index contributed by atoms with van der Waals surface area (Å²) in [6.45, 7) is 5.30. The van der Waals surface area contributed by atoms with Gasteiger partial charge in [-0.25, -0.2) is 13.6 Å². The third-order valence-corrected chi connectivity index (χ3v) is 4.56. The molecule has 1 amide bonds. The number of halogens is 2. The monoisotopic (exact) mass is 386 g/mol. The molecule has 0 heterocycles. The van der Waals surface area contributed by atoms with Crippen LogP contribution in [0.15, 0.2) is 48.5 Å². The first-order chi connectivity index (χ1) is 13.2. The highest BCUT2D eigenvalue weighted by molar-refractivity contribution is 5.71. The number of amides is 1. The Morgan fingerprint density at radius 1 is 1.11 bits per heavy atom. The van der Waals surface area contributed by atoms with Crippen LogP contribution in [0.3, 0.4) is 0 Å². The van der Waals surface area contributed by atoms with Gasteiger partial charge in [-0.1, -0.05) is 30.4 Å². The van der Waals surface area contributed by atoms with E-state index in [0.717, 1.165) is 17.8 Å². The molecule has 28 heavy (non-hydrogen) atoms. The maximum absolute atomic E-state index is 14.0. The molecule has 3 rings (SSSR count). The lowest BCUT2D eigenvalue weighted by Gasteiger charge is -2.38. The number of fused-ring (bicyclic) bond motifs is 1. The Morgan fingerprint density at radius 3 is 2.39 bits per heavy atom. The normalized spacial score (nSPS) is 18.4. The lowest BCUT2D eigenvalue weighted by molar-refractivity contribution is 0.0499. The van der Waals surface area contributed by atoms with Gasteiger partial charge in [0.05, 0.1) is 12.1 Å². The molecule has 0 bridgehead atoms. The number of nitrogens with zero attached hydrogens (tertiary/aromatic N) is 1. The van der Waals surface area contributed by atoms with E-state index in [1.165, 1.54) is 0 Å². The molecule has 148 valence electrons. The second kappa shape index (κ2) is 7.62. The van der Waals surface area contributed by atoms with Crippen LogP contribution in [0.1, 0.15) is 37.9 Å². The quantitative estimate of drug-likeness (QED) is 0.801. The summed E-state index contributed by atoms with van der Waals surface area (Å²) in [5, 5.41) is 2.84. The van der Waals surface area contributed by atoms with Gasteiger partial charge in [-0.15, -0.1) is 0 Å². The summed E-state index contributed by atoms with van der Waals surface area (Å²) in [7, 11) is 1.89. The number of nitrogens with one attached hydrogen (secondary N) is 1. The number of carbonyl (C=O) groups is 1. The van der Waals surface area contributed by atoms with E-state index in [4.69, 9.17) is 4.74 Å².